The Balaban J connectivity index is 2.36. The van der Waals surface area contributed by atoms with Gasteiger partial charge in [0.05, 0.1) is 0 Å². The Bertz CT molecular complexity index is 601. The Morgan fingerprint density at radius 3 is 2.65 bits per heavy atom. The van der Waals surface area contributed by atoms with Crippen LogP contribution in [0, 0.1) is 0 Å². The fourth-order valence-corrected chi connectivity index (χ4v) is 1.32. The molecule has 0 aliphatic rings. The molecule has 5 heteroatoms. The quantitative estimate of drug-likeness (QED) is 0.610. The van der Waals surface area contributed by atoms with Crippen molar-refractivity contribution in [2.45, 2.75) is 0 Å². The molecule has 17 heavy (non-hydrogen) atoms. The predicted molar refractivity (Wildman–Crippen MR) is 66.3 cm³/mol. The van der Waals surface area contributed by atoms with Gasteiger partial charge in [-0.1, -0.05) is 30.3 Å². The van der Waals surface area contributed by atoms with E-state index in [0.29, 0.717) is 11.7 Å². The smallest absolute Gasteiger partial charge is 0.349 e. The van der Waals surface area contributed by atoms with E-state index in [1.54, 1.807) is 19.3 Å². The normalized spacial score (nSPS) is 11.5. The third-order valence-electron chi connectivity index (χ3n) is 2.26. The Kier molecular flexibility index (Phi) is 3.00. The lowest BCUT2D eigenvalue weighted by Gasteiger charge is -2.00. The van der Waals surface area contributed by atoms with Gasteiger partial charge in [0.25, 0.3) is 0 Å². The molecule has 1 heterocycles. The summed E-state index contributed by atoms with van der Waals surface area (Å²) in [6, 6.07) is 11.0. The van der Waals surface area contributed by atoms with Crippen LogP contribution >= 0.6 is 0 Å². The number of hydrogen-bond donors (Lipinski definition) is 1. The maximum absolute atomic E-state index is 11.3. The van der Waals surface area contributed by atoms with Gasteiger partial charge in [-0.05, 0) is 6.07 Å². The van der Waals surface area contributed by atoms with Crippen molar-refractivity contribution in [3.63, 3.8) is 0 Å². The highest BCUT2D eigenvalue weighted by Gasteiger charge is 1.99. The van der Waals surface area contributed by atoms with Crippen molar-refractivity contribution in [3.05, 3.63) is 58.6 Å². The Hall–Kier alpha value is -2.43. The molecule has 0 bridgehead atoms. The van der Waals surface area contributed by atoms with Crippen LogP contribution in [0.25, 0.3) is 0 Å². The standard InChI is InChI=1S/C12H12N4O/c1-16-8-7-10(15-12(16)17)14-11(13)9-5-3-2-4-6-9/h2-8H,1H3,(H2,13,14,15,17). The van der Waals surface area contributed by atoms with Crippen LogP contribution in [-0.2, 0) is 7.05 Å². The number of rotatable bonds is 2. The van der Waals surface area contributed by atoms with Crippen LogP contribution in [0.15, 0.2) is 52.4 Å². The van der Waals surface area contributed by atoms with Crippen LogP contribution in [0.2, 0.25) is 0 Å². The van der Waals surface area contributed by atoms with Crippen molar-refractivity contribution in [1.82, 2.24) is 9.55 Å². The van der Waals surface area contributed by atoms with E-state index in [2.05, 4.69) is 9.98 Å². The van der Waals surface area contributed by atoms with Gasteiger partial charge in [0, 0.05) is 18.8 Å². The Labute approximate surface area is 98.3 Å². The summed E-state index contributed by atoms with van der Waals surface area (Å²) >= 11 is 0. The van der Waals surface area contributed by atoms with Gasteiger partial charge in [0.15, 0.2) is 5.82 Å². The number of aromatic nitrogens is 2. The minimum absolute atomic E-state index is 0.314. The van der Waals surface area contributed by atoms with E-state index in [-0.39, 0.29) is 5.69 Å². The van der Waals surface area contributed by atoms with Gasteiger partial charge in [-0.3, -0.25) is 0 Å². The topological polar surface area (TPSA) is 73.3 Å². The molecule has 0 atom stereocenters. The molecule has 2 aromatic rings. The SMILES string of the molecule is Cn1ccc(N=C(N)c2ccccc2)nc1=O. The minimum atomic E-state index is -0.355. The monoisotopic (exact) mass is 228 g/mol. The summed E-state index contributed by atoms with van der Waals surface area (Å²) in [5.41, 5.74) is 6.26. The van der Waals surface area contributed by atoms with E-state index >= 15 is 0 Å². The van der Waals surface area contributed by atoms with E-state index in [0.717, 1.165) is 5.56 Å². The lowest BCUT2D eigenvalue weighted by molar-refractivity contribution is 0.811. The molecule has 1 aromatic heterocycles. The van der Waals surface area contributed by atoms with Gasteiger partial charge < -0.3 is 10.3 Å². The van der Waals surface area contributed by atoms with Crippen LogP contribution in [0.3, 0.4) is 0 Å². The van der Waals surface area contributed by atoms with Crippen molar-refractivity contribution in [3.8, 4) is 0 Å². The molecule has 0 saturated carbocycles. The molecule has 2 rings (SSSR count). The summed E-state index contributed by atoms with van der Waals surface area (Å²) in [5.74, 6) is 0.654. The zero-order valence-corrected chi connectivity index (χ0v) is 9.37. The van der Waals surface area contributed by atoms with E-state index in [4.69, 9.17) is 5.73 Å². The molecule has 5 nitrogen and oxygen atoms in total. The first-order chi connectivity index (χ1) is 8.16. The average Bonchev–Trinajstić information content (AvgIpc) is 2.35. The first kappa shape index (κ1) is 11.1. The second-order valence-electron chi connectivity index (χ2n) is 3.54. The summed E-state index contributed by atoms with van der Waals surface area (Å²) in [6.45, 7) is 0. The summed E-state index contributed by atoms with van der Waals surface area (Å²) in [4.78, 5) is 19.2. The fraction of sp³-hybridized carbons (Fsp3) is 0.0833. The second kappa shape index (κ2) is 4.61. The van der Waals surface area contributed by atoms with E-state index in [9.17, 15) is 4.79 Å². The third-order valence-corrected chi connectivity index (χ3v) is 2.26. The van der Waals surface area contributed by atoms with Gasteiger partial charge in [0.2, 0.25) is 0 Å². The van der Waals surface area contributed by atoms with Crippen LogP contribution in [0.4, 0.5) is 5.82 Å². The Morgan fingerprint density at radius 2 is 2.00 bits per heavy atom. The number of nitrogens with two attached hydrogens (primary N) is 1. The predicted octanol–water partition coefficient (Wildman–Crippen LogP) is 0.817. The van der Waals surface area contributed by atoms with Gasteiger partial charge >= 0.3 is 5.69 Å². The van der Waals surface area contributed by atoms with Crippen LogP contribution in [0.1, 0.15) is 5.56 Å². The molecular formula is C12H12N4O. The van der Waals surface area contributed by atoms with Crippen molar-refractivity contribution < 1.29 is 0 Å². The molecule has 0 spiro atoms. The van der Waals surface area contributed by atoms with E-state index < -0.39 is 0 Å². The largest absolute Gasteiger partial charge is 0.383 e. The first-order valence-electron chi connectivity index (χ1n) is 5.10. The summed E-state index contributed by atoms with van der Waals surface area (Å²) in [5, 5.41) is 0. The van der Waals surface area contributed by atoms with Crippen LogP contribution in [-0.4, -0.2) is 15.4 Å². The van der Waals surface area contributed by atoms with Gasteiger partial charge in [-0.15, -0.1) is 0 Å². The molecular weight excluding hydrogens is 216 g/mol. The Morgan fingerprint density at radius 1 is 1.29 bits per heavy atom. The zero-order chi connectivity index (χ0) is 12.3. The molecule has 0 unspecified atom stereocenters. The van der Waals surface area contributed by atoms with Gasteiger partial charge in [-0.2, -0.15) is 4.98 Å². The number of hydrogen-bond acceptors (Lipinski definition) is 3. The van der Waals surface area contributed by atoms with Crippen molar-refractivity contribution in [2.24, 2.45) is 17.8 Å². The first-order valence-corrected chi connectivity index (χ1v) is 5.10. The lowest BCUT2D eigenvalue weighted by Crippen LogP contribution is -2.19. The summed E-state index contributed by atoms with van der Waals surface area (Å²) < 4.78 is 1.37. The fourth-order valence-electron chi connectivity index (χ4n) is 1.32. The zero-order valence-electron chi connectivity index (χ0n) is 9.37. The minimum Gasteiger partial charge on any atom is -0.383 e. The highest BCUT2D eigenvalue weighted by Crippen LogP contribution is 2.06. The number of benzene rings is 1. The molecule has 0 amide bonds. The molecule has 0 fully saturated rings. The van der Waals surface area contributed by atoms with Crippen LogP contribution < -0.4 is 11.4 Å². The van der Waals surface area contributed by atoms with Crippen molar-refractivity contribution in [1.29, 1.82) is 0 Å². The second-order valence-corrected chi connectivity index (χ2v) is 3.54. The average molecular weight is 228 g/mol. The highest BCUT2D eigenvalue weighted by atomic mass is 16.1. The number of amidine groups is 1. The van der Waals surface area contributed by atoms with E-state index in [1.807, 2.05) is 30.3 Å². The van der Waals surface area contributed by atoms with Gasteiger partial charge in [-0.25, -0.2) is 9.79 Å². The van der Waals surface area contributed by atoms with E-state index in [1.165, 1.54) is 4.57 Å². The lowest BCUT2D eigenvalue weighted by atomic mass is 10.2. The summed E-state index contributed by atoms with van der Waals surface area (Å²) in [6.07, 6.45) is 1.60. The van der Waals surface area contributed by atoms with Gasteiger partial charge in [0.1, 0.15) is 5.84 Å². The molecule has 1 aromatic carbocycles. The molecule has 2 N–H and O–H groups in total. The maximum Gasteiger partial charge on any atom is 0.349 e. The molecule has 0 saturated heterocycles. The maximum atomic E-state index is 11.3. The summed E-state index contributed by atoms with van der Waals surface area (Å²) in [7, 11) is 1.63. The molecule has 0 aliphatic carbocycles. The van der Waals surface area contributed by atoms with Crippen molar-refractivity contribution in [2.75, 3.05) is 0 Å². The number of aliphatic imine (C=N–C) groups is 1. The van der Waals surface area contributed by atoms with Crippen molar-refractivity contribution >= 4 is 11.7 Å². The molecule has 0 aliphatic heterocycles. The highest BCUT2D eigenvalue weighted by molar-refractivity contribution is 5.98. The number of nitrogens with zero attached hydrogens (tertiary/aromatic N) is 3. The third kappa shape index (κ3) is 2.57. The number of aryl methyl sites for hydroxylation is 1. The molecule has 86 valence electrons. The molecule has 0 radical (unpaired) electrons. The van der Waals surface area contributed by atoms with Crippen LogP contribution in [0.5, 0.6) is 0 Å².